The van der Waals surface area contributed by atoms with E-state index in [4.69, 9.17) is 16.1 Å². The van der Waals surface area contributed by atoms with Crippen molar-refractivity contribution < 1.29 is 14.1 Å². The summed E-state index contributed by atoms with van der Waals surface area (Å²) >= 11 is 7.33. The van der Waals surface area contributed by atoms with Crippen molar-refractivity contribution in [3.8, 4) is 11.4 Å². The van der Waals surface area contributed by atoms with Crippen LogP contribution in [0.2, 0.25) is 5.02 Å². The van der Waals surface area contributed by atoms with E-state index >= 15 is 0 Å². The second kappa shape index (κ2) is 10.7. The highest BCUT2D eigenvalue weighted by Crippen LogP contribution is 2.19. The predicted molar refractivity (Wildman–Crippen MR) is 122 cm³/mol. The molecule has 1 saturated heterocycles. The van der Waals surface area contributed by atoms with Crippen molar-refractivity contribution in [3.63, 3.8) is 0 Å². The van der Waals surface area contributed by atoms with Gasteiger partial charge < -0.3 is 14.7 Å². The van der Waals surface area contributed by atoms with E-state index in [-0.39, 0.29) is 11.8 Å². The van der Waals surface area contributed by atoms with Gasteiger partial charge in [0.2, 0.25) is 17.6 Å². The first-order valence-electron chi connectivity index (χ1n) is 10.5. The second-order valence-electron chi connectivity index (χ2n) is 7.51. The molecule has 2 amide bonds. The molecule has 4 rings (SSSR count). The number of hydrogen-bond donors (Lipinski definition) is 1. The Labute approximate surface area is 195 Å². The van der Waals surface area contributed by atoms with Crippen LogP contribution in [0.1, 0.15) is 28.4 Å². The first-order chi connectivity index (χ1) is 15.6. The van der Waals surface area contributed by atoms with Gasteiger partial charge in [-0.25, -0.2) is 0 Å². The number of benzene rings is 1. The number of carbonyl (C=O) groups excluding carboxylic acids is 2. The Bertz CT molecular complexity index is 1030. The summed E-state index contributed by atoms with van der Waals surface area (Å²) in [5, 5.41) is 9.43. The number of aromatic nitrogens is 2. The first kappa shape index (κ1) is 22.4. The molecule has 8 nitrogen and oxygen atoms in total. The number of halogens is 1. The van der Waals surface area contributed by atoms with E-state index in [0.29, 0.717) is 60.6 Å². The zero-order valence-corrected chi connectivity index (χ0v) is 19.1. The van der Waals surface area contributed by atoms with Crippen LogP contribution < -0.4 is 5.32 Å². The Kier molecular flexibility index (Phi) is 7.51. The van der Waals surface area contributed by atoms with Crippen molar-refractivity contribution in [2.75, 3.05) is 32.7 Å². The molecule has 10 heteroatoms. The highest BCUT2D eigenvalue weighted by Gasteiger charge is 2.22. The zero-order chi connectivity index (χ0) is 22.3. The van der Waals surface area contributed by atoms with Crippen molar-refractivity contribution in [2.24, 2.45) is 0 Å². The van der Waals surface area contributed by atoms with E-state index in [0.717, 1.165) is 18.7 Å². The normalized spacial score (nSPS) is 14.5. The SMILES string of the molecule is O=C(NCCCC(=O)N1CCN(Cc2nc(-c3ccc(Cl)cc3)no2)CC1)c1cccs1. The fourth-order valence-electron chi connectivity index (χ4n) is 3.48. The highest BCUT2D eigenvalue weighted by molar-refractivity contribution is 7.12. The van der Waals surface area contributed by atoms with E-state index in [1.54, 1.807) is 18.2 Å². The standard InChI is InChI=1S/C22H24ClN5O3S/c23-17-7-5-16(6-8-17)21-25-19(31-26-21)15-27-10-12-28(13-11-27)20(29)4-1-9-24-22(30)18-3-2-14-32-18/h2-3,5-8,14H,1,4,9-13,15H2,(H,24,30). The lowest BCUT2D eigenvalue weighted by atomic mass is 10.2. The molecule has 1 aliphatic rings. The average molecular weight is 474 g/mol. The zero-order valence-electron chi connectivity index (χ0n) is 17.5. The van der Waals surface area contributed by atoms with E-state index in [2.05, 4.69) is 20.4 Å². The molecule has 1 N–H and O–H groups in total. The Morgan fingerprint density at radius 2 is 1.91 bits per heavy atom. The van der Waals surface area contributed by atoms with Crippen molar-refractivity contribution in [3.05, 3.63) is 57.6 Å². The molecule has 32 heavy (non-hydrogen) atoms. The Morgan fingerprint density at radius 3 is 2.62 bits per heavy atom. The summed E-state index contributed by atoms with van der Waals surface area (Å²) in [5.74, 6) is 1.13. The van der Waals surface area contributed by atoms with Crippen LogP contribution in [0.5, 0.6) is 0 Å². The quantitative estimate of drug-likeness (QED) is 0.505. The number of amides is 2. The van der Waals surface area contributed by atoms with Gasteiger partial charge in [0.25, 0.3) is 5.91 Å². The number of thiophene rings is 1. The van der Waals surface area contributed by atoms with Gasteiger partial charge in [-0.1, -0.05) is 22.8 Å². The molecule has 0 atom stereocenters. The van der Waals surface area contributed by atoms with Gasteiger partial charge in [0.05, 0.1) is 11.4 Å². The lowest BCUT2D eigenvalue weighted by molar-refractivity contribution is -0.133. The average Bonchev–Trinajstić information content (AvgIpc) is 3.50. The molecule has 168 valence electrons. The number of rotatable bonds is 8. The smallest absolute Gasteiger partial charge is 0.261 e. The largest absolute Gasteiger partial charge is 0.351 e. The van der Waals surface area contributed by atoms with Gasteiger partial charge in [-0.2, -0.15) is 4.98 Å². The molecule has 1 fully saturated rings. The molecule has 0 bridgehead atoms. The fraction of sp³-hybridized carbons (Fsp3) is 0.364. The summed E-state index contributed by atoms with van der Waals surface area (Å²) < 4.78 is 5.39. The van der Waals surface area contributed by atoms with E-state index < -0.39 is 0 Å². The minimum atomic E-state index is -0.0821. The molecule has 0 unspecified atom stereocenters. The number of hydrogen-bond acceptors (Lipinski definition) is 7. The van der Waals surface area contributed by atoms with Crippen LogP contribution in [0.4, 0.5) is 0 Å². The Morgan fingerprint density at radius 1 is 1.12 bits per heavy atom. The molecule has 0 spiro atoms. The maximum atomic E-state index is 12.5. The van der Waals surface area contributed by atoms with Crippen molar-refractivity contribution in [1.82, 2.24) is 25.3 Å². The van der Waals surface area contributed by atoms with E-state index in [1.807, 2.05) is 28.5 Å². The van der Waals surface area contributed by atoms with Gasteiger partial charge in [0.15, 0.2) is 0 Å². The summed E-state index contributed by atoms with van der Waals surface area (Å²) in [6.45, 7) is 3.88. The third kappa shape index (κ3) is 5.93. The van der Waals surface area contributed by atoms with Crippen LogP contribution in [0.25, 0.3) is 11.4 Å². The lowest BCUT2D eigenvalue weighted by Gasteiger charge is -2.34. The van der Waals surface area contributed by atoms with Crippen LogP contribution in [-0.4, -0.2) is 64.5 Å². The second-order valence-corrected chi connectivity index (χ2v) is 8.90. The Hall–Kier alpha value is -2.75. The van der Waals surface area contributed by atoms with Gasteiger partial charge in [-0.3, -0.25) is 14.5 Å². The van der Waals surface area contributed by atoms with E-state index in [9.17, 15) is 9.59 Å². The van der Waals surface area contributed by atoms with Crippen LogP contribution in [0.3, 0.4) is 0 Å². The predicted octanol–water partition coefficient (Wildman–Crippen LogP) is 3.31. The molecule has 3 aromatic rings. The molecular formula is C22H24ClN5O3S. The van der Waals surface area contributed by atoms with E-state index in [1.165, 1.54) is 11.3 Å². The number of nitrogens with one attached hydrogen (secondary N) is 1. The molecule has 1 aliphatic heterocycles. The summed E-state index contributed by atoms with van der Waals surface area (Å²) in [7, 11) is 0. The summed E-state index contributed by atoms with van der Waals surface area (Å²) in [6.07, 6.45) is 1.06. The summed E-state index contributed by atoms with van der Waals surface area (Å²) in [5.41, 5.74) is 0.853. The maximum absolute atomic E-state index is 12.5. The summed E-state index contributed by atoms with van der Waals surface area (Å²) in [4.78, 5) is 33.6. The number of piperazine rings is 1. The Balaban J connectivity index is 1.16. The molecule has 0 radical (unpaired) electrons. The van der Waals surface area contributed by atoms with Crippen molar-refractivity contribution in [1.29, 1.82) is 0 Å². The molecule has 0 saturated carbocycles. The number of nitrogens with zero attached hydrogens (tertiary/aromatic N) is 4. The van der Waals surface area contributed by atoms with Crippen LogP contribution in [0, 0.1) is 0 Å². The van der Waals surface area contributed by atoms with Gasteiger partial charge in [0, 0.05) is 49.7 Å². The first-order valence-corrected chi connectivity index (χ1v) is 11.7. The molecule has 3 heterocycles. The van der Waals surface area contributed by atoms with Crippen LogP contribution >= 0.6 is 22.9 Å². The third-order valence-corrected chi connectivity index (χ3v) is 6.37. The highest BCUT2D eigenvalue weighted by atomic mass is 35.5. The minimum Gasteiger partial charge on any atom is -0.351 e. The lowest BCUT2D eigenvalue weighted by Crippen LogP contribution is -2.48. The molecule has 1 aromatic carbocycles. The minimum absolute atomic E-state index is 0.0821. The number of carbonyl (C=O) groups is 2. The topological polar surface area (TPSA) is 91.6 Å². The molecule has 0 aliphatic carbocycles. The molecule has 2 aromatic heterocycles. The maximum Gasteiger partial charge on any atom is 0.261 e. The van der Waals surface area contributed by atoms with Crippen molar-refractivity contribution >= 4 is 34.8 Å². The van der Waals surface area contributed by atoms with Gasteiger partial charge in [0.1, 0.15) is 0 Å². The molecular weight excluding hydrogens is 450 g/mol. The van der Waals surface area contributed by atoms with Crippen molar-refractivity contribution in [2.45, 2.75) is 19.4 Å². The third-order valence-electron chi connectivity index (χ3n) is 5.25. The van der Waals surface area contributed by atoms with Crippen LogP contribution in [0.15, 0.2) is 46.3 Å². The van der Waals surface area contributed by atoms with Gasteiger partial charge in [-0.05, 0) is 42.1 Å². The summed E-state index contributed by atoms with van der Waals surface area (Å²) in [6, 6.07) is 10.9. The fourth-order valence-corrected chi connectivity index (χ4v) is 4.24. The van der Waals surface area contributed by atoms with Gasteiger partial charge >= 0.3 is 0 Å². The van der Waals surface area contributed by atoms with Crippen LogP contribution in [-0.2, 0) is 11.3 Å². The monoisotopic (exact) mass is 473 g/mol. The van der Waals surface area contributed by atoms with Gasteiger partial charge in [-0.15, -0.1) is 11.3 Å².